The number of aromatic nitrogens is 1. The molecule has 2 aromatic heterocycles. The van der Waals surface area contributed by atoms with E-state index in [0.29, 0.717) is 25.5 Å². The van der Waals surface area contributed by atoms with E-state index >= 15 is 0 Å². The van der Waals surface area contributed by atoms with Crippen molar-refractivity contribution in [1.82, 2.24) is 4.98 Å². The highest BCUT2D eigenvalue weighted by Crippen LogP contribution is 2.34. The molecule has 6 heteroatoms. The second-order valence-electron chi connectivity index (χ2n) is 7.10. The molecule has 0 spiro atoms. The van der Waals surface area contributed by atoms with Gasteiger partial charge in [-0.3, -0.25) is 9.78 Å². The Morgan fingerprint density at radius 2 is 2.00 bits per heavy atom. The summed E-state index contributed by atoms with van der Waals surface area (Å²) < 4.78 is 12.4. The van der Waals surface area contributed by atoms with Crippen LogP contribution in [-0.2, 0) is 29.1 Å². The maximum Gasteiger partial charge on any atom is 0.310 e. The molecule has 158 valence electrons. The van der Waals surface area contributed by atoms with Crippen molar-refractivity contribution in [2.24, 2.45) is 5.73 Å². The number of hydrogen-bond acceptors (Lipinski definition) is 6. The number of esters is 1. The molecule has 2 heterocycles. The zero-order chi connectivity index (χ0) is 21.6. The minimum Gasteiger partial charge on any atom is -0.489 e. The number of carbonyl (C=O) groups is 1. The quantitative estimate of drug-likeness (QED) is 0.392. The van der Waals surface area contributed by atoms with Gasteiger partial charge in [-0.25, -0.2) is 0 Å². The molecule has 0 unspecified atom stereocenters. The lowest BCUT2D eigenvalue weighted by Gasteiger charge is -2.13. The molecule has 31 heavy (non-hydrogen) atoms. The molecule has 0 radical (unpaired) electrons. The minimum absolute atomic E-state index is 0.192. The van der Waals surface area contributed by atoms with Crippen LogP contribution in [0.5, 0.6) is 5.75 Å². The van der Waals surface area contributed by atoms with Crippen LogP contribution < -0.4 is 10.5 Å². The molecule has 4 aromatic rings. The van der Waals surface area contributed by atoms with Crippen LogP contribution in [0.25, 0.3) is 21.2 Å². The fraction of sp³-hybridized carbons (Fsp3) is 0.200. The van der Waals surface area contributed by atoms with Gasteiger partial charge in [0.05, 0.1) is 18.7 Å². The Bertz CT molecular complexity index is 1200. The number of rotatable bonds is 8. The molecule has 0 aliphatic rings. The molecule has 0 saturated heterocycles. The maximum atomic E-state index is 11.9. The topological polar surface area (TPSA) is 74.4 Å². The molecule has 2 N–H and O–H groups in total. The van der Waals surface area contributed by atoms with E-state index in [1.165, 1.54) is 10.1 Å². The second kappa shape index (κ2) is 9.73. The molecular formula is C25H24N2O3S. The van der Waals surface area contributed by atoms with Crippen LogP contribution in [0.3, 0.4) is 0 Å². The van der Waals surface area contributed by atoms with Crippen LogP contribution in [0.2, 0.25) is 0 Å². The van der Waals surface area contributed by atoms with Crippen molar-refractivity contribution in [2.75, 3.05) is 6.61 Å². The number of thiophene rings is 1. The Balaban J connectivity index is 1.61. The largest absolute Gasteiger partial charge is 0.489 e. The van der Waals surface area contributed by atoms with E-state index in [9.17, 15) is 4.79 Å². The van der Waals surface area contributed by atoms with Gasteiger partial charge in [-0.2, -0.15) is 0 Å². The number of benzene rings is 2. The lowest BCUT2D eigenvalue weighted by atomic mass is 10.0. The molecule has 0 fully saturated rings. The number of ether oxygens (including phenoxy) is 2. The molecule has 0 amide bonds. The zero-order valence-electron chi connectivity index (χ0n) is 17.3. The van der Waals surface area contributed by atoms with Crippen molar-refractivity contribution in [2.45, 2.75) is 26.5 Å². The van der Waals surface area contributed by atoms with Crippen LogP contribution in [0.15, 0.2) is 66.2 Å². The summed E-state index contributed by atoms with van der Waals surface area (Å²) in [4.78, 5) is 16.2. The van der Waals surface area contributed by atoms with Gasteiger partial charge in [0.15, 0.2) is 0 Å². The number of carbonyl (C=O) groups excluding carboxylic acids is 1. The summed E-state index contributed by atoms with van der Waals surface area (Å²) in [6.45, 7) is 2.97. The molecule has 0 aliphatic heterocycles. The first-order valence-electron chi connectivity index (χ1n) is 10.2. The van der Waals surface area contributed by atoms with Gasteiger partial charge in [-0.1, -0.05) is 18.2 Å². The predicted molar refractivity (Wildman–Crippen MR) is 124 cm³/mol. The number of hydrogen-bond donors (Lipinski definition) is 1. The third-order valence-electron chi connectivity index (χ3n) is 4.95. The van der Waals surface area contributed by atoms with E-state index in [1.54, 1.807) is 24.5 Å². The van der Waals surface area contributed by atoms with Crippen LogP contribution in [0, 0.1) is 0 Å². The molecule has 5 nitrogen and oxygen atoms in total. The number of nitrogens with zero attached hydrogens (tertiary/aromatic N) is 1. The number of fused-ring (bicyclic) bond motifs is 1. The Morgan fingerprint density at radius 3 is 2.84 bits per heavy atom. The highest BCUT2D eigenvalue weighted by atomic mass is 32.1. The summed E-state index contributed by atoms with van der Waals surface area (Å²) in [6.07, 6.45) is 1.99. The summed E-state index contributed by atoms with van der Waals surface area (Å²) in [7, 11) is 0. The molecule has 0 bridgehead atoms. The first kappa shape index (κ1) is 21.0. The average Bonchev–Trinajstić information content (AvgIpc) is 3.27. The zero-order valence-corrected chi connectivity index (χ0v) is 18.2. The summed E-state index contributed by atoms with van der Waals surface area (Å²) in [6, 6.07) is 18.0. The first-order chi connectivity index (χ1) is 15.2. The summed E-state index contributed by atoms with van der Waals surface area (Å²) >= 11 is 1.72. The van der Waals surface area contributed by atoms with E-state index in [1.807, 2.05) is 36.4 Å². The fourth-order valence-corrected chi connectivity index (χ4v) is 4.44. The maximum absolute atomic E-state index is 11.9. The molecule has 0 aliphatic carbocycles. The van der Waals surface area contributed by atoms with E-state index in [4.69, 9.17) is 15.2 Å². The van der Waals surface area contributed by atoms with E-state index in [-0.39, 0.29) is 12.4 Å². The van der Waals surface area contributed by atoms with Gasteiger partial charge in [-0.05, 0) is 70.8 Å². The average molecular weight is 433 g/mol. The van der Waals surface area contributed by atoms with Crippen molar-refractivity contribution < 1.29 is 14.3 Å². The van der Waals surface area contributed by atoms with E-state index in [2.05, 4.69) is 28.6 Å². The van der Waals surface area contributed by atoms with Crippen molar-refractivity contribution in [3.8, 4) is 16.9 Å². The Morgan fingerprint density at radius 1 is 1.13 bits per heavy atom. The number of para-hydroxylation sites is 1. The fourth-order valence-electron chi connectivity index (χ4n) is 3.52. The Hall–Kier alpha value is -3.22. The van der Waals surface area contributed by atoms with E-state index < -0.39 is 0 Å². The molecular weight excluding hydrogens is 408 g/mol. The molecule has 0 saturated carbocycles. The van der Waals surface area contributed by atoms with Crippen molar-refractivity contribution in [1.29, 1.82) is 0 Å². The highest BCUT2D eigenvalue weighted by molar-refractivity contribution is 7.17. The lowest BCUT2D eigenvalue weighted by molar-refractivity contribution is -0.142. The highest BCUT2D eigenvalue weighted by Gasteiger charge is 2.12. The third-order valence-corrected chi connectivity index (χ3v) is 5.92. The second-order valence-corrected chi connectivity index (χ2v) is 8.02. The molecule has 2 aromatic carbocycles. The lowest BCUT2D eigenvalue weighted by Crippen LogP contribution is -2.09. The SMILES string of the molecule is CCOC(=O)Cc1ccccc1OCc1cc(-c2ccnc(CN)c2)c2sccc2c1. The van der Waals surface area contributed by atoms with Gasteiger partial charge >= 0.3 is 5.97 Å². The monoisotopic (exact) mass is 432 g/mol. The van der Waals surface area contributed by atoms with Crippen LogP contribution in [-0.4, -0.2) is 17.6 Å². The van der Waals surface area contributed by atoms with Crippen molar-refractivity contribution in [3.05, 3.63) is 83.0 Å². The van der Waals surface area contributed by atoms with E-state index in [0.717, 1.165) is 27.9 Å². The van der Waals surface area contributed by atoms with Gasteiger partial charge in [0.25, 0.3) is 0 Å². The van der Waals surface area contributed by atoms with Gasteiger partial charge < -0.3 is 15.2 Å². The number of pyridine rings is 1. The van der Waals surface area contributed by atoms with Gasteiger partial charge in [0, 0.05) is 23.0 Å². The van der Waals surface area contributed by atoms with Crippen LogP contribution >= 0.6 is 11.3 Å². The van der Waals surface area contributed by atoms with Crippen LogP contribution in [0.4, 0.5) is 0 Å². The van der Waals surface area contributed by atoms with Crippen molar-refractivity contribution >= 4 is 27.4 Å². The van der Waals surface area contributed by atoms with Gasteiger partial charge in [0.1, 0.15) is 12.4 Å². The smallest absolute Gasteiger partial charge is 0.310 e. The predicted octanol–water partition coefficient (Wildman–Crippen LogP) is 5.11. The Kier molecular flexibility index (Phi) is 6.60. The summed E-state index contributed by atoms with van der Waals surface area (Å²) in [5.41, 5.74) is 10.7. The summed E-state index contributed by atoms with van der Waals surface area (Å²) in [5.74, 6) is 0.436. The minimum atomic E-state index is -0.256. The van der Waals surface area contributed by atoms with Gasteiger partial charge in [-0.15, -0.1) is 11.3 Å². The Labute approximate surface area is 185 Å². The number of nitrogens with two attached hydrogens (primary N) is 1. The first-order valence-corrected chi connectivity index (χ1v) is 11.1. The molecule has 4 rings (SSSR count). The van der Waals surface area contributed by atoms with Crippen molar-refractivity contribution in [3.63, 3.8) is 0 Å². The summed E-state index contributed by atoms with van der Waals surface area (Å²) in [5, 5.41) is 3.27. The molecule has 0 atom stereocenters. The standard InChI is InChI=1S/C25H24N2O3S/c1-2-29-24(28)14-19-5-3-4-6-23(19)30-16-17-11-20-8-10-31-25(20)22(12-17)18-7-9-27-21(13-18)15-26/h3-13H,2,14-16,26H2,1H3. The van der Waals surface area contributed by atoms with Crippen LogP contribution in [0.1, 0.15) is 23.7 Å². The third kappa shape index (κ3) is 4.93. The normalized spacial score (nSPS) is 10.9. The van der Waals surface area contributed by atoms with Gasteiger partial charge in [0.2, 0.25) is 0 Å².